The number of nitrogens with zero attached hydrogens (tertiary/aromatic N) is 3. The summed E-state index contributed by atoms with van der Waals surface area (Å²) in [6.07, 6.45) is 0. The zero-order chi connectivity index (χ0) is 15.6. The first-order chi connectivity index (χ1) is 9.95. The number of rotatable bonds is 2. The van der Waals surface area contributed by atoms with E-state index in [1.807, 2.05) is 0 Å². The molecule has 21 heavy (non-hydrogen) atoms. The van der Waals surface area contributed by atoms with Gasteiger partial charge in [0.2, 0.25) is 5.91 Å². The monoisotopic (exact) mass is 294 g/mol. The van der Waals surface area contributed by atoms with E-state index in [-0.39, 0.29) is 17.2 Å². The molecule has 5 nitrogen and oxygen atoms in total. The molecule has 1 aromatic rings. The van der Waals surface area contributed by atoms with Gasteiger partial charge in [-0.05, 0) is 12.1 Å². The summed E-state index contributed by atoms with van der Waals surface area (Å²) in [4.78, 5) is 15.0. The standard InChI is InChI=1S/C14H16F2N4O/c1-19(2)14(21)12-8-18-3-4-20(12)13-10(15)5-9(7-17)6-11(13)16/h5-6,12,18H,3-4,8H2,1-2H3. The molecular formula is C14H16F2N4O. The van der Waals surface area contributed by atoms with Crippen LogP contribution in [0.3, 0.4) is 0 Å². The molecule has 1 aliphatic rings. The number of nitriles is 1. The zero-order valence-electron chi connectivity index (χ0n) is 11.9. The minimum atomic E-state index is -0.829. The summed E-state index contributed by atoms with van der Waals surface area (Å²) < 4.78 is 28.3. The first kappa shape index (κ1) is 15.2. The van der Waals surface area contributed by atoms with E-state index < -0.39 is 17.7 Å². The van der Waals surface area contributed by atoms with Crippen LogP contribution in [-0.2, 0) is 4.79 Å². The Morgan fingerprint density at radius 3 is 2.57 bits per heavy atom. The number of carbonyl (C=O) groups is 1. The van der Waals surface area contributed by atoms with Crippen molar-refractivity contribution in [2.24, 2.45) is 0 Å². The van der Waals surface area contributed by atoms with E-state index in [4.69, 9.17) is 5.26 Å². The molecule has 1 saturated heterocycles. The lowest BCUT2D eigenvalue weighted by atomic mass is 10.1. The van der Waals surface area contributed by atoms with Gasteiger partial charge in [-0.1, -0.05) is 0 Å². The van der Waals surface area contributed by atoms with E-state index >= 15 is 0 Å². The van der Waals surface area contributed by atoms with E-state index in [1.54, 1.807) is 20.2 Å². The molecule has 1 unspecified atom stereocenters. The van der Waals surface area contributed by atoms with Gasteiger partial charge in [0, 0.05) is 33.7 Å². The molecule has 0 bridgehead atoms. The maximum Gasteiger partial charge on any atom is 0.246 e. The van der Waals surface area contributed by atoms with Crippen LogP contribution < -0.4 is 10.2 Å². The summed E-state index contributed by atoms with van der Waals surface area (Å²) in [5.74, 6) is -1.89. The number of hydrogen-bond acceptors (Lipinski definition) is 4. The Morgan fingerprint density at radius 1 is 1.43 bits per heavy atom. The largest absolute Gasteiger partial charge is 0.352 e. The topological polar surface area (TPSA) is 59.4 Å². The molecular weight excluding hydrogens is 278 g/mol. The van der Waals surface area contributed by atoms with Crippen molar-refractivity contribution in [1.29, 1.82) is 5.26 Å². The predicted octanol–water partition coefficient (Wildman–Crippen LogP) is 0.703. The molecule has 0 aliphatic carbocycles. The average molecular weight is 294 g/mol. The summed E-state index contributed by atoms with van der Waals surface area (Å²) in [5.41, 5.74) is -0.338. The van der Waals surface area contributed by atoms with Crippen LogP contribution in [0.15, 0.2) is 12.1 Å². The van der Waals surface area contributed by atoms with Crippen LogP contribution in [0.4, 0.5) is 14.5 Å². The average Bonchev–Trinajstić information content (AvgIpc) is 2.46. The van der Waals surface area contributed by atoms with Crippen LogP contribution in [-0.4, -0.2) is 50.6 Å². The second-order valence-electron chi connectivity index (χ2n) is 5.05. The predicted molar refractivity (Wildman–Crippen MR) is 73.8 cm³/mol. The zero-order valence-corrected chi connectivity index (χ0v) is 11.9. The second kappa shape index (κ2) is 6.06. The number of hydrogen-bond donors (Lipinski definition) is 1. The van der Waals surface area contributed by atoms with Crippen molar-refractivity contribution in [2.75, 3.05) is 38.6 Å². The number of nitrogens with one attached hydrogen (secondary N) is 1. The van der Waals surface area contributed by atoms with Gasteiger partial charge in [-0.3, -0.25) is 4.79 Å². The van der Waals surface area contributed by atoms with E-state index in [0.29, 0.717) is 19.6 Å². The number of anilines is 1. The molecule has 1 N–H and O–H groups in total. The molecule has 7 heteroatoms. The Labute approximate surface area is 121 Å². The quantitative estimate of drug-likeness (QED) is 0.872. The number of benzene rings is 1. The van der Waals surface area contributed by atoms with Crippen molar-refractivity contribution in [2.45, 2.75) is 6.04 Å². The van der Waals surface area contributed by atoms with E-state index in [9.17, 15) is 13.6 Å². The molecule has 0 spiro atoms. The third-order valence-electron chi connectivity index (χ3n) is 3.40. The van der Waals surface area contributed by atoms with Crippen LogP contribution in [0.1, 0.15) is 5.56 Å². The van der Waals surface area contributed by atoms with Gasteiger partial charge in [-0.15, -0.1) is 0 Å². The highest BCUT2D eigenvalue weighted by molar-refractivity contribution is 5.85. The van der Waals surface area contributed by atoms with Crippen molar-refractivity contribution in [3.8, 4) is 6.07 Å². The first-order valence-corrected chi connectivity index (χ1v) is 6.53. The number of halogens is 2. The lowest BCUT2D eigenvalue weighted by Crippen LogP contribution is -2.58. The van der Waals surface area contributed by atoms with Gasteiger partial charge in [0.05, 0.1) is 11.6 Å². The van der Waals surface area contributed by atoms with Crippen molar-refractivity contribution in [3.05, 3.63) is 29.3 Å². The fraction of sp³-hybridized carbons (Fsp3) is 0.429. The molecule has 1 aliphatic heterocycles. The van der Waals surface area contributed by atoms with Gasteiger partial charge >= 0.3 is 0 Å². The molecule has 1 amide bonds. The Morgan fingerprint density at radius 2 is 2.05 bits per heavy atom. The Bertz CT molecular complexity index is 574. The number of likely N-dealkylation sites (N-methyl/N-ethyl adjacent to an activating group) is 1. The fourth-order valence-corrected chi connectivity index (χ4v) is 2.40. The molecule has 0 saturated carbocycles. The summed E-state index contributed by atoms with van der Waals surface area (Å²) in [5, 5.41) is 11.8. The highest BCUT2D eigenvalue weighted by atomic mass is 19.1. The lowest BCUT2D eigenvalue weighted by Gasteiger charge is -2.38. The van der Waals surface area contributed by atoms with Crippen molar-refractivity contribution < 1.29 is 13.6 Å². The number of amides is 1. The van der Waals surface area contributed by atoms with Crippen LogP contribution in [0.5, 0.6) is 0 Å². The smallest absolute Gasteiger partial charge is 0.246 e. The SMILES string of the molecule is CN(C)C(=O)C1CNCCN1c1c(F)cc(C#N)cc1F. The maximum atomic E-state index is 14.1. The van der Waals surface area contributed by atoms with Gasteiger partial charge in [0.15, 0.2) is 11.6 Å². The molecule has 2 rings (SSSR count). The van der Waals surface area contributed by atoms with Crippen molar-refractivity contribution in [3.63, 3.8) is 0 Å². The summed E-state index contributed by atoms with van der Waals surface area (Å²) in [6.45, 7) is 1.15. The fourth-order valence-electron chi connectivity index (χ4n) is 2.40. The van der Waals surface area contributed by atoms with Crippen LogP contribution in [0.25, 0.3) is 0 Å². The van der Waals surface area contributed by atoms with Crippen LogP contribution >= 0.6 is 0 Å². The lowest BCUT2D eigenvalue weighted by molar-refractivity contribution is -0.130. The first-order valence-electron chi connectivity index (χ1n) is 6.53. The van der Waals surface area contributed by atoms with Gasteiger partial charge in [0.1, 0.15) is 11.7 Å². The number of piperazine rings is 1. The van der Waals surface area contributed by atoms with Crippen molar-refractivity contribution >= 4 is 11.6 Å². The van der Waals surface area contributed by atoms with Crippen molar-refractivity contribution in [1.82, 2.24) is 10.2 Å². The van der Waals surface area contributed by atoms with E-state index in [0.717, 1.165) is 12.1 Å². The molecule has 0 aromatic heterocycles. The molecule has 1 aromatic carbocycles. The summed E-state index contributed by atoms with van der Waals surface area (Å²) in [6, 6.07) is 3.00. The van der Waals surface area contributed by atoms with Gasteiger partial charge < -0.3 is 15.1 Å². The number of carbonyl (C=O) groups excluding carboxylic acids is 1. The molecule has 1 fully saturated rings. The maximum absolute atomic E-state index is 14.1. The van der Waals surface area contributed by atoms with Gasteiger partial charge in [0.25, 0.3) is 0 Å². The van der Waals surface area contributed by atoms with Gasteiger partial charge in [-0.2, -0.15) is 5.26 Å². The Kier molecular flexibility index (Phi) is 4.38. The third-order valence-corrected chi connectivity index (χ3v) is 3.40. The highest BCUT2D eigenvalue weighted by Crippen LogP contribution is 2.27. The van der Waals surface area contributed by atoms with Gasteiger partial charge in [-0.25, -0.2) is 8.78 Å². The minimum Gasteiger partial charge on any atom is -0.352 e. The van der Waals surface area contributed by atoms with E-state index in [2.05, 4.69) is 5.32 Å². The molecule has 1 heterocycles. The molecule has 1 atom stereocenters. The highest BCUT2D eigenvalue weighted by Gasteiger charge is 2.33. The molecule has 0 radical (unpaired) electrons. The summed E-state index contributed by atoms with van der Waals surface area (Å²) in [7, 11) is 3.20. The van der Waals surface area contributed by atoms with E-state index in [1.165, 1.54) is 9.80 Å². The van der Waals surface area contributed by atoms with Crippen LogP contribution in [0.2, 0.25) is 0 Å². The van der Waals surface area contributed by atoms with Crippen LogP contribution in [0, 0.1) is 23.0 Å². The summed E-state index contributed by atoms with van der Waals surface area (Å²) >= 11 is 0. The minimum absolute atomic E-state index is 0.0839. The Balaban J connectivity index is 2.43. The normalized spacial score (nSPS) is 18.2. The second-order valence-corrected chi connectivity index (χ2v) is 5.05. The third kappa shape index (κ3) is 2.95. The Hall–Kier alpha value is -2.20. The molecule has 112 valence electrons.